The highest BCUT2D eigenvalue weighted by Crippen LogP contribution is 2.45. The van der Waals surface area contributed by atoms with E-state index in [1.54, 1.807) is 11.8 Å². The molecule has 4 nitrogen and oxygen atoms in total. The molecule has 4 rings (SSSR count). The van der Waals surface area contributed by atoms with Gasteiger partial charge in [0.15, 0.2) is 0 Å². The van der Waals surface area contributed by atoms with Crippen molar-refractivity contribution in [1.82, 2.24) is 4.90 Å². The summed E-state index contributed by atoms with van der Waals surface area (Å²) in [4.78, 5) is 14.5. The minimum atomic E-state index is -1.42. The Labute approximate surface area is 169 Å². The Morgan fingerprint density at radius 3 is 2.45 bits per heavy atom. The lowest BCUT2D eigenvalue weighted by atomic mass is 9.72. The third-order valence-corrected chi connectivity index (χ3v) is 6.17. The normalized spacial score (nSPS) is 26.3. The van der Waals surface area contributed by atoms with Gasteiger partial charge in [-0.1, -0.05) is 30.3 Å². The van der Waals surface area contributed by atoms with Crippen LogP contribution in [0.1, 0.15) is 48.8 Å². The molecule has 2 fully saturated rings. The van der Waals surface area contributed by atoms with Crippen molar-refractivity contribution >= 4 is 6.09 Å². The SMILES string of the molecule is Cc1cc(C2(O)CC3CCCC(C2)N3C(=O)OCc2ccccc2)c(F)cc1F. The van der Waals surface area contributed by atoms with Crippen LogP contribution in [0.4, 0.5) is 13.6 Å². The number of carbonyl (C=O) groups excluding carboxylic acids is 1. The zero-order chi connectivity index (χ0) is 20.6. The smallest absolute Gasteiger partial charge is 0.410 e. The average Bonchev–Trinajstić information content (AvgIpc) is 2.69. The summed E-state index contributed by atoms with van der Waals surface area (Å²) in [5.41, 5.74) is -0.104. The molecule has 0 aliphatic carbocycles. The van der Waals surface area contributed by atoms with Gasteiger partial charge >= 0.3 is 6.09 Å². The van der Waals surface area contributed by atoms with E-state index in [0.29, 0.717) is 5.56 Å². The molecule has 2 heterocycles. The van der Waals surface area contributed by atoms with Gasteiger partial charge in [0.25, 0.3) is 0 Å². The van der Waals surface area contributed by atoms with Crippen LogP contribution < -0.4 is 0 Å². The number of aliphatic hydroxyl groups is 1. The van der Waals surface area contributed by atoms with Crippen molar-refractivity contribution in [2.75, 3.05) is 0 Å². The summed E-state index contributed by atoms with van der Waals surface area (Å²) >= 11 is 0. The Bertz CT molecular complexity index is 888. The second-order valence-corrected chi connectivity index (χ2v) is 8.21. The van der Waals surface area contributed by atoms with E-state index in [1.807, 2.05) is 30.3 Å². The van der Waals surface area contributed by atoms with Gasteiger partial charge in [0.2, 0.25) is 0 Å². The molecule has 154 valence electrons. The highest BCUT2D eigenvalue weighted by molar-refractivity contribution is 5.69. The fraction of sp³-hybridized carbons (Fsp3) is 0.435. The quantitative estimate of drug-likeness (QED) is 0.803. The average molecular weight is 401 g/mol. The van der Waals surface area contributed by atoms with E-state index in [2.05, 4.69) is 0 Å². The summed E-state index contributed by atoms with van der Waals surface area (Å²) in [6.45, 7) is 1.74. The molecular formula is C23H25F2NO3. The lowest BCUT2D eigenvalue weighted by Crippen LogP contribution is -2.59. The number of amides is 1. The van der Waals surface area contributed by atoms with Gasteiger partial charge in [-0.15, -0.1) is 0 Å². The highest BCUT2D eigenvalue weighted by atomic mass is 19.1. The molecule has 29 heavy (non-hydrogen) atoms. The first-order chi connectivity index (χ1) is 13.9. The van der Waals surface area contributed by atoms with E-state index in [-0.39, 0.29) is 37.1 Å². The maximum Gasteiger partial charge on any atom is 0.410 e. The number of piperidine rings is 2. The minimum Gasteiger partial charge on any atom is -0.445 e. The van der Waals surface area contributed by atoms with E-state index in [9.17, 15) is 18.7 Å². The van der Waals surface area contributed by atoms with Crippen LogP contribution in [0.25, 0.3) is 0 Å². The number of halogens is 2. The first-order valence-corrected chi connectivity index (χ1v) is 10.0. The Hall–Kier alpha value is -2.47. The van der Waals surface area contributed by atoms with Crippen LogP contribution in [0.15, 0.2) is 42.5 Å². The molecule has 0 radical (unpaired) electrons. The van der Waals surface area contributed by atoms with Crippen LogP contribution in [0.3, 0.4) is 0 Å². The van der Waals surface area contributed by atoms with Crippen LogP contribution in [0.5, 0.6) is 0 Å². The maximum atomic E-state index is 14.5. The zero-order valence-electron chi connectivity index (χ0n) is 16.4. The Balaban J connectivity index is 1.53. The molecule has 2 unspecified atom stereocenters. The minimum absolute atomic E-state index is 0.116. The van der Waals surface area contributed by atoms with Crippen molar-refractivity contribution in [3.8, 4) is 0 Å². The molecule has 2 saturated heterocycles. The second kappa shape index (κ2) is 7.75. The van der Waals surface area contributed by atoms with E-state index < -0.39 is 23.3 Å². The van der Waals surface area contributed by atoms with Crippen LogP contribution in [-0.4, -0.2) is 28.2 Å². The monoisotopic (exact) mass is 401 g/mol. The zero-order valence-corrected chi connectivity index (χ0v) is 16.4. The molecule has 0 aromatic heterocycles. The third-order valence-electron chi connectivity index (χ3n) is 6.17. The molecular weight excluding hydrogens is 376 g/mol. The van der Waals surface area contributed by atoms with Crippen molar-refractivity contribution in [3.05, 3.63) is 70.8 Å². The number of rotatable bonds is 3. The van der Waals surface area contributed by atoms with Crippen LogP contribution in [0, 0.1) is 18.6 Å². The van der Waals surface area contributed by atoms with Gasteiger partial charge in [0, 0.05) is 36.6 Å². The molecule has 0 saturated carbocycles. The number of aryl methyl sites for hydroxylation is 1. The van der Waals surface area contributed by atoms with Crippen molar-refractivity contribution in [1.29, 1.82) is 0 Å². The molecule has 2 aromatic rings. The summed E-state index contributed by atoms with van der Waals surface area (Å²) in [7, 11) is 0. The fourth-order valence-corrected chi connectivity index (χ4v) is 4.75. The summed E-state index contributed by atoms with van der Waals surface area (Å²) in [6.07, 6.45) is 2.42. The van der Waals surface area contributed by atoms with Gasteiger partial charge in [0.1, 0.15) is 18.2 Å². The van der Waals surface area contributed by atoms with Crippen molar-refractivity contribution < 1.29 is 23.4 Å². The van der Waals surface area contributed by atoms with Crippen molar-refractivity contribution in [2.24, 2.45) is 0 Å². The number of nitrogens with zero attached hydrogens (tertiary/aromatic N) is 1. The lowest BCUT2D eigenvalue weighted by molar-refractivity contribution is -0.0912. The molecule has 0 spiro atoms. The predicted molar refractivity (Wildman–Crippen MR) is 104 cm³/mol. The van der Waals surface area contributed by atoms with Crippen molar-refractivity contribution in [2.45, 2.75) is 63.3 Å². The molecule has 1 N–H and O–H groups in total. The lowest BCUT2D eigenvalue weighted by Gasteiger charge is -2.51. The Morgan fingerprint density at radius 1 is 1.14 bits per heavy atom. The van der Waals surface area contributed by atoms with Crippen LogP contribution in [0.2, 0.25) is 0 Å². The van der Waals surface area contributed by atoms with Gasteiger partial charge in [-0.05, 0) is 43.4 Å². The van der Waals surface area contributed by atoms with Gasteiger partial charge in [0.05, 0.1) is 5.60 Å². The number of ether oxygens (including phenoxy) is 1. The third kappa shape index (κ3) is 3.86. The fourth-order valence-electron chi connectivity index (χ4n) is 4.75. The van der Waals surface area contributed by atoms with E-state index in [0.717, 1.165) is 30.9 Å². The van der Waals surface area contributed by atoms with E-state index in [1.165, 1.54) is 6.07 Å². The van der Waals surface area contributed by atoms with Crippen molar-refractivity contribution in [3.63, 3.8) is 0 Å². The molecule has 2 aromatic carbocycles. The van der Waals surface area contributed by atoms with Gasteiger partial charge in [-0.2, -0.15) is 0 Å². The summed E-state index contributed by atoms with van der Waals surface area (Å²) in [5, 5.41) is 11.3. The van der Waals surface area contributed by atoms with Crippen LogP contribution in [-0.2, 0) is 16.9 Å². The molecule has 2 aliphatic rings. The van der Waals surface area contributed by atoms with E-state index in [4.69, 9.17) is 4.74 Å². The summed E-state index contributed by atoms with van der Waals surface area (Å²) in [5.74, 6) is -1.37. The summed E-state index contributed by atoms with van der Waals surface area (Å²) < 4.78 is 33.7. The molecule has 1 amide bonds. The Kier molecular flexibility index (Phi) is 5.30. The number of hydrogen-bond acceptors (Lipinski definition) is 3. The standard InChI is InChI=1S/C23H25F2NO3/c1-15-10-19(21(25)11-20(15)24)23(28)12-17-8-5-9-18(13-23)26(17)22(27)29-14-16-6-3-2-4-7-16/h2-4,6-7,10-11,17-18,28H,5,8-9,12-14H2,1H3. The maximum absolute atomic E-state index is 14.5. The van der Waals surface area contributed by atoms with Gasteiger partial charge in [-0.25, -0.2) is 13.6 Å². The number of benzene rings is 2. The first kappa shape index (κ1) is 19.8. The topological polar surface area (TPSA) is 49.8 Å². The number of hydrogen-bond donors (Lipinski definition) is 1. The summed E-state index contributed by atoms with van der Waals surface area (Å²) in [6, 6.07) is 11.2. The number of fused-ring (bicyclic) bond motifs is 2. The number of carbonyl (C=O) groups is 1. The highest BCUT2D eigenvalue weighted by Gasteiger charge is 2.49. The van der Waals surface area contributed by atoms with Gasteiger partial charge < -0.3 is 14.7 Å². The molecule has 2 bridgehead atoms. The van der Waals surface area contributed by atoms with E-state index >= 15 is 0 Å². The largest absolute Gasteiger partial charge is 0.445 e. The molecule has 2 atom stereocenters. The molecule has 6 heteroatoms. The van der Waals surface area contributed by atoms with Crippen LogP contribution >= 0.6 is 0 Å². The Morgan fingerprint density at radius 2 is 1.79 bits per heavy atom. The first-order valence-electron chi connectivity index (χ1n) is 10.0. The molecule has 2 aliphatic heterocycles. The second-order valence-electron chi connectivity index (χ2n) is 8.21. The van der Waals surface area contributed by atoms with Gasteiger partial charge in [-0.3, -0.25) is 0 Å². The predicted octanol–water partition coefficient (Wildman–Crippen LogP) is 4.81.